The quantitative estimate of drug-likeness (QED) is 0.537. The van der Waals surface area contributed by atoms with E-state index in [1.807, 2.05) is 23.5 Å². The highest BCUT2D eigenvalue weighted by molar-refractivity contribution is 8.14. The number of carbonyl (C=O) groups excluding carboxylic acids is 2. The highest BCUT2D eigenvalue weighted by atomic mass is 32.2. The predicted octanol–water partition coefficient (Wildman–Crippen LogP) is 3.86. The summed E-state index contributed by atoms with van der Waals surface area (Å²) in [4.78, 5) is 23.5. The molecule has 0 saturated heterocycles. The van der Waals surface area contributed by atoms with E-state index in [2.05, 4.69) is 6.26 Å². The minimum Gasteiger partial charge on any atom is -0.294 e. The summed E-state index contributed by atoms with van der Waals surface area (Å²) in [6.45, 7) is 1.50. The zero-order valence-corrected chi connectivity index (χ0v) is 13.6. The molecule has 19 heavy (non-hydrogen) atoms. The van der Waals surface area contributed by atoms with Gasteiger partial charge in [0.15, 0.2) is 5.78 Å². The van der Waals surface area contributed by atoms with Gasteiger partial charge < -0.3 is 0 Å². The van der Waals surface area contributed by atoms with Crippen LogP contribution in [-0.4, -0.2) is 40.2 Å². The molecule has 2 nitrogen and oxygen atoms in total. The molecule has 0 radical (unpaired) electrons. The van der Waals surface area contributed by atoms with Gasteiger partial charge in [0.2, 0.25) is 5.12 Å². The Morgan fingerprint density at radius 3 is 2.26 bits per heavy atom. The first-order chi connectivity index (χ1) is 9.16. The summed E-state index contributed by atoms with van der Waals surface area (Å²) < 4.78 is 0. The van der Waals surface area contributed by atoms with Crippen molar-refractivity contribution in [2.24, 2.45) is 0 Å². The second kappa shape index (κ2) is 9.50. The molecule has 0 saturated carbocycles. The van der Waals surface area contributed by atoms with Gasteiger partial charge in [0.05, 0.1) is 0 Å². The van der Waals surface area contributed by atoms with Gasteiger partial charge in [0.1, 0.15) is 0 Å². The average Bonchev–Trinajstić information content (AvgIpc) is 2.42. The minimum absolute atomic E-state index is 0.00346. The van der Waals surface area contributed by atoms with Gasteiger partial charge in [0, 0.05) is 34.1 Å². The lowest BCUT2D eigenvalue weighted by Gasteiger charge is -2.05. The normalized spacial score (nSPS) is 10.4. The van der Waals surface area contributed by atoms with E-state index in [9.17, 15) is 9.59 Å². The molecule has 104 valence electrons. The number of thioether (sulfide) groups is 3. The lowest BCUT2D eigenvalue weighted by molar-refractivity contribution is 0.100. The van der Waals surface area contributed by atoms with E-state index in [1.165, 1.54) is 18.7 Å². The van der Waals surface area contributed by atoms with Gasteiger partial charge in [-0.3, -0.25) is 9.59 Å². The van der Waals surface area contributed by atoms with Crippen molar-refractivity contribution < 1.29 is 9.59 Å². The molecular formula is C14H18O2S3. The van der Waals surface area contributed by atoms with Crippen molar-refractivity contribution in [2.45, 2.75) is 6.92 Å². The molecule has 0 aliphatic heterocycles. The summed E-state index contributed by atoms with van der Waals surface area (Å²) in [7, 11) is 0. The molecule has 0 N–H and O–H groups in total. The van der Waals surface area contributed by atoms with Crippen LogP contribution < -0.4 is 0 Å². The summed E-state index contributed by atoms with van der Waals surface area (Å²) in [5.41, 5.74) is 1.06. The fraction of sp³-hybridized carbons (Fsp3) is 0.429. The third kappa shape index (κ3) is 6.06. The maximum Gasteiger partial charge on any atom is 0.220 e. The number of rotatable bonds is 8. The van der Waals surface area contributed by atoms with Crippen LogP contribution in [0, 0.1) is 0 Å². The largest absolute Gasteiger partial charge is 0.294 e. The number of ketones is 1. The molecule has 0 aliphatic rings. The summed E-state index contributed by atoms with van der Waals surface area (Å²) >= 11 is 5.00. The van der Waals surface area contributed by atoms with Crippen molar-refractivity contribution in [2.75, 3.05) is 29.3 Å². The topological polar surface area (TPSA) is 34.1 Å². The second-order valence-corrected chi connectivity index (χ2v) is 7.12. The van der Waals surface area contributed by atoms with E-state index in [0.717, 1.165) is 23.0 Å². The molecule has 0 fully saturated rings. The molecule has 0 spiro atoms. The van der Waals surface area contributed by atoms with Crippen molar-refractivity contribution in [3.63, 3.8) is 0 Å². The molecule has 0 atom stereocenters. The van der Waals surface area contributed by atoms with Gasteiger partial charge >= 0.3 is 0 Å². The van der Waals surface area contributed by atoms with E-state index < -0.39 is 0 Å². The molecule has 0 unspecified atom stereocenters. The molecule has 0 aromatic heterocycles. The number of carbonyl (C=O) groups is 2. The average molecular weight is 314 g/mol. The van der Waals surface area contributed by atoms with Gasteiger partial charge in [-0.25, -0.2) is 0 Å². The SMILES string of the molecule is CSCCSCCSC(=O)c1ccccc1C(C)=O. The van der Waals surface area contributed by atoms with Crippen LogP contribution in [0.25, 0.3) is 0 Å². The van der Waals surface area contributed by atoms with Crippen LogP contribution in [0.1, 0.15) is 27.6 Å². The molecule has 1 aromatic rings. The molecule has 0 amide bonds. The zero-order valence-electron chi connectivity index (χ0n) is 11.2. The van der Waals surface area contributed by atoms with Crippen LogP contribution in [0.15, 0.2) is 24.3 Å². The maximum atomic E-state index is 12.1. The Morgan fingerprint density at radius 1 is 1.00 bits per heavy atom. The van der Waals surface area contributed by atoms with Crippen molar-refractivity contribution in [1.82, 2.24) is 0 Å². The molecule has 0 bridgehead atoms. The summed E-state index contributed by atoms with van der Waals surface area (Å²) in [5, 5.41) is -0.00346. The van der Waals surface area contributed by atoms with Crippen LogP contribution in [0.2, 0.25) is 0 Å². The standard InChI is InChI=1S/C14H18O2S3/c1-11(15)12-5-3-4-6-13(12)14(16)19-10-9-18-8-7-17-2/h3-6H,7-10H2,1-2H3. The van der Waals surface area contributed by atoms with Crippen LogP contribution in [0.4, 0.5) is 0 Å². The smallest absolute Gasteiger partial charge is 0.220 e. The van der Waals surface area contributed by atoms with Crippen LogP contribution >= 0.6 is 35.3 Å². The highest BCUT2D eigenvalue weighted by Gasteiger charge is 2.13. The second-order valence-electron chi connectivity index (χ2n) is 3.84. The fourth-order valence-electron chi connectivity index (χ4n) is 1.48. The Labute approximate surface area is 127 Å². The Balaban J connectivity index is 2.43. The van der Waals surface area contributed by atoms with Crippen molar-refractivity contribution in [1.29, 1.82) is 0 Å². The minimum atomic E-state index is -0.0566. The zero-order chi connectivity index (χ0) is 14.1. The van der Waals surface area contributed by atoms with E-state index >= 15 is 0 Å². The first-order valence-corrected chi connectivity index (χ1v) is 9.54. The monoisotopic (exact) mass is 314 g/mol. The van der Waals surface area contributed by atoms with E-state index in [-0.39, 0.29) is 10.9 Å². The highest BCUT2D eigenvalue weighted by Crippen LogP contribution is 2.18. The molecule has 0 heterocycles. The van der Waals surface area contributed by atoms with Crippen LogP contribution in [0.3, 0.4) is 0 Å². The molecule has 1 rings (SSSR count). The van der Waals surface area contributed by atoms with Gasteiger partial charge in [-0.15, -0.1) is 0 Å². The molecule has 1 aromatic carbocycles. The third-order valence-electron chi connectivity index (χ3n) is 2.42. The van der Waals surface area contributed by atoms with Gasteiger partial charge in [-0.05, 0) is 19.2 Å². The first kappa shape index (κ1) is 16.7. The van der Waals surface area contributed by atoms with Gasteiger partial charge in [-0.2, -0.15) is 23.5 Å². The summed E-state index contributed by atoms with van der Waals surface area (Å²) in [6.07, 6.45) is 2.09. The predicted molar refractivity (Wildman–Crippen MR) is 88.9 cm³/mol. The lowest BCUT2D eigenvalue weighted by atomic mass is 10.1. The van der Waals surface area contributed by atoms with Crippen molar-refractivity contribution in [3.8, 4) is 0 Å². The number of benzene rings is 1. The van der Waals surface area contributed by atoms with Gasteiger partial charge in [-0.1, -0.05) is 30.0 Å². The summed E-state index contributed by atoms with van der Waals surface area (Å²) in [6, 6.07) is 7.03. The lowest BCUT2D eigenvalue weighted by Crippen LogP contribution is -2.05. The first-order valence-electron chi connectivity index (χ1n) is 6.00. The van der Waals surface area contributed by atoms with Crippen LogP contribution in [0.5, 0.6) is 0 Å². The Kier molecular flexibility index (Phi) is 8.34. The molecule has 5 heteroatoms. The Morgan fingerprint density at radius 2 is 1.63 bits per heavy atom. The Hall–Kier alpha value is -0.390. The van der Waals surface area contributed by atoms with Crippen LogP contribution in [-0.2, 0) is 0 Å². The maximum absolute atomic E-state index is 12.1. The number of hydrogen-bond acceptors (Lipinski definition) is 5. The molecule has 0 aliphatic carbocycles. The third-order valence-corrected chi connectivity index (χ3v) is 5.42. The van der Waals surface area contributed by atoms with Crippen molar-refractivity contribution in [3.05, 3.63) is 35.4 Å². The van der Waals surface area contributed by atoms with E-state index in [1.54, 1.807) is 24.3 Å². The van der Waals surface area contributed by atoms with E-state index in [4.69, 9.17) is 0 Å². The summed E-state index contributed by atoms with van der Waals surface area (Å²) in [5.74, 6) is 3.98. The van der Waals surface area contributed by atoms with Gasteiger partial charge in [0.25, 0.3) is 0 Å². The Bertz CT molecular complexity index is 432. The number of hydrogen-bond donors (Lipinski definition) is 0. The van der Waals surface area contributed by atoms with E-state index in [0.29, 0.717) is 11.1 Å². The molecular weight excluding hydrogens is 296 g/mol. The fourth-order valence-corrected chi connectivity index (χ4v) is 4.15. The van der Waals surface area contributed by atoms with Crippen molar-refractivity contribution >= 4 is 46.2 Å². The number of Topliss-reactive ketones (excluding diaryl/α,β-unsaturated/α-hetero) is 1.